The number of imidazole rings is 1. The zero-order valence-electron chi connectivity index (χ0n) is 14.3. The molecule has 5 nitrogen and oxygen atoms in total. The first-order valence-corrected chi connectivity index (χ1v) is 9.43. The van der Waals surface area contributed by atoms with Crippen LogP contribution in [0.25, 0.3) is 11.0 Å². The second-order valence-electron chi connectivity index (χ2n) is 7.19. The summed E-state index contributed by atoms with van der Waals surface area (Å²) in [5.74, 6) is 0. The number of piperidine rings is 1. The van der Waals surface area contributed by atoms with Gasteiger partial charge in [-0.1, -0.05) is 6.07 Å². The van der Waals surface area contributed by atoms with Crippen LogP contribution in [0.2, 0.25) is 0 Å². The normalized spacial score (nSPS) is 24.8. The number of nitrogens with zero attached hydrogens (tertiary/aromatic N) is 3. The summed E-state index contributed by atoms with van der Waals surface area (Å²) in [5.41, 5.74) is 3.70. The van der Waals surface area contributed by atoms with Gasteiger partial charge >= 0.3 is 0 Å². The average Bonchev–Trinajstić information content (AvgIpc) is 3.26. The molecule has 2 N–H and O–H groups in total. The first kappa shape index (κ1) is 15.9. The first-order valence-electron chi connectivity index (χ1n) is 9.43. The summed E-state index contributed by atoms with van der Waals surface area (Å²) in [6.45, 7) is 4.31. The molecule has 2 aliphatic rings. The molecule has 0 spiro atoms. The number of aliphatic hydroxyl groups is 1. The van der Waals surface area contributed by atoms with Crippen LogP contribution in [0.3, 0.4) is 0 Å². The van der Waals surface area contributed by atoms with Crippen molar-refractivity contribution in [3.05, 3.63) is 24.5 Å². The predicted molar refractivity (Wildman–Crippen MR) is 97.4 cm³/mol. The Morgan fingerprint density at radius 2 is 2.08 bits per heavy atom. The van der Waals surface area contributed by atoms with Gasteiger partial charge in [-0.2, -0.15) is 0 Å². The Morgan fingerprint density at radius 1 is 1.21 bits per heavy atom. The van der Waals surface area contributed by atoms with Crippen LogP contribution in [-0.2, 0) is 6.54 Å². The molecule has 0 unspecified atom stereocenters. The maximum absolute atomic E-state index is 10.1. The van der Waals surface area contributed by atoms with Crippen molar-refractivity contribution >= 4 is 16.7 Å². The molecule has 0 bridgehead atoms. The molecule has 2 aliphatic heterocycles. The summed E-state index contributed by atoms with van der Waals surface area (Å²) in [7, 11) is 0. The van der Waals surface area contributed by atoms with Crippen molar-refractivity contribution in [1.29, 1.82) is 0 Å². The molecule has 5 heteroatoms. The van der Waals surface area contributed by atoms with Crippen LogP contribution in [0.5, 0.6) is 0 Å². The number of hydrogen-bond acceptors (Lipinski definition) is 4. The molecule has 24 heavy (non-hydrogen) atoms. The Hall–Kier alpha value is -1.59. The van der Waals surface area contributed by atoms with E-state index in [0.29, 0.717) is 0 Å². The zero-order valence-corrected chi connectivity index (χ0v) is 14.3. The summed E-state index contributed by atoms with van der Waals surface area (Å²) >= 11 is 0. The molecule has 1 aromatic heterocycles. The minimum Gasteiger partial charge on any atom is -0.392 e. The zero-order chi connectivity index (χ0) is 16.4. The van der Waals surface area contributed by atoms with Gasteiger partial charge in [0.15, 0.2) is 0 Å². The Kier molecular flexibility index (Phi) is 4.72. The monoisotopic (exact) mass is 328 g/mol. The Bertz CT molecular complexity index is 677. The van der Waals surface area contributed by atoms with Gasteiger partial charge in [-0.3, -0.25) is 0 Å². The third kappa shape index (κ3) is 3.15. The summed E-state index contributed by atoms with van der Waals surface area (Å²) in [5, 5.41) is 13.6. The lowest BCUT2D eigenvalue weighted by atomic mass is 9.97. The van der Waals surface area contributed by atoms with E-state index in [4.69, 9.17) is 0 Å². The van der Waals surface area contributed by atoms with Gasteiger partial charge in [0.25, 0.3) is 0 Å². The van der Waals surface area contributed by atoms with Crippen LogP contribution in [0.1, 0.15) is 38.5 Å². The molecule has 1 aromatic carbocycles. The van der Waals surface area contributed by atoms with Crippen molar-refractivity contribution < 1.29 is 5.11 Å². The van der Waals surface area contributed by atoms with Gasteiger partial charge in [-0.15, -0.1) is 0 Å². The number of aryl methyl sites for hydroxylation is 1. The van der Waals surface area contributed by atoms with Crippen molar-refractivity contribution in [3.63, 3.8) is 0 Å². The van der Waals surface area contributed by atoms with Crippen LogP contribution in [-0.4, -0.2) is 46.4 Å². The number of nitrogens with one attached hydrogen (secondary N) is 1. The summed E-state index contributed by atoms with van der Waals surface area (Å²) in [4.78, 5) is 7.10. The SMILES string of the molecule is O[C@H]1CCCN[C@@H]1CCCn1cnc2cccc(N3CCCC3)c21. The molecule has 0 aliphatic carbocycles. The van der Waals surface area contributed by atoms with E-state index in [1.165, 1.54) is 24.0 Å². The Morgan fingerprint density at radius 3 is 2.92 bits per heavy atom. The van der Waals surface area contributed by atoms with Crippen LogP contribution >= 0.6 is 0 Å². The predicted octanol–water partition coefficient (Wildman–Crippen LogP) is 2.53. The van der Waals surface area contributed by atoms with E-state index in [0.717, 1.165) is 57.4 Å². The van der Waals surface area contributed by atoms with Gasteiger partial charge in [0.2, 0.25) is 0 Å². The number of para-hydroxylation sites is 1. The lowest BCUT2D eigenvalue weighted by Gasteiger charge is -2.29. The van der Waals surface area contributed by atoms with Gasteiger partial charge in [-0.25, -0.2) is 4.98 Å². The number of aliphatic hydroxyl groups excluding tert-OH is 1. The maximum atomic E-state index is 10.1. The van der Waals surface area contributed by atoms with Gasteiger partial charge in [0.05, 0.1) is 29.2 Å². The van der Waals surface area contributed by atoms with E-state index >= 15 is 0 Å². The summed E-state index contributed by atoms with van der Waals surface area (Å²) < 4.78 is 2.30. The standard InChI is InChI=1S/C19H28N4O/c24-18-9-4-10-20-15(18)7-5-13-23-14-21-16-6-3-8-17(19(16)23)22-11-1-2-12-22/h3,6,8,14-15,18,20,24H,1-2,4-5,7,9-13H2/t15-,18+/m1/s1. The van der Waals surface area contributed by atoms with E-state index in [2.05, 4.69) is 38.0 Å². The highest BCUT2D eigenvalue weighted by Crippen LogP contribution is 2.29. The van der Waals surface area contributed by atoms with E-state index in [9.17, 15) is 5.11 Å². The maximum Gasteiger partial charge on any atom is 0.0958 e. The van der Waals surface area contributed by atoms with Gasteiger partial charge in [-0.05, 0) is 57.2 Å². The molecular weight excluding hydrogens is 300 g/mol. The molecule has 3 heterocycles. The third-order valence-electron chi connectivity index (χ3n) is 5.53. The average molecular weight is 328 g/mol. The molecule has 4 rings (SSSR count). The van der Waals surface area contributed by atoms with Crippen molar-refractivity contribution in [1.82, 2.24) is 14.9 Å². The van der Waals surface area contributed by atoms with Crippen molar-refractivity contribution in [2.24, 2.45) is 0 Å². The van der Waals surface area contributed by atoms with Gasteiger partial charge in [0.1, 0.15) is 0 Å². The Balaban J connectivity index is 1.47. The van der Waals surface area contributed by atoms with E-state index in [-0.39, 0.29) is 12.1 Å². The number of hydrogen-bond donors (Lipinski definition) is 2. The lowest BCUT2D eigenvalue weighted by molar-refractivity contribution is 0.0909. The van der Waals surface area contributed by atoms with E-state index in [1.807, 2.05) is 6.33 Å². The topological polar surface area (TPSA) is 53.3 Å². The minimum absolute atomic E-state index is 0.182. The molecule has 2 saturated heterocycles. The molecular formula is C19H28N4O. The lowest BCUT2D eigenvalue weighted by Crippen LogP contribution is -2.44. The van der Waals surface area contributed by atoms with Crippen molar-refractivity contribution in [2.45, 2.75) is 57.2 Å². The second-order valence-corrected chi connectivity index (χ2v) is 7.19. The molecule has 0 radical (unpaired) electrons. The number of aromatic nitrogens is 2. The highest BCUT2D eigenvalue weighted by molar-refractivity contribution is 5.89. The largest absolute Gasteiger partial charge is 0.392 e. The van der Waals surface area contributed by atoms with Gasteiger partial charge in [0, 0.05) is 25.7 Å². The smallest absolute Gasteiger partial charge is 0.0958 e. The molecule has 2 atom stereocenters. The quantitative estimate of drug-likeness (QED) is 0.886. The fourth-order valence-corrected chi connectivity index (χ4v) is 4.20. The molecule has 2 aromatic rings. The summed E-state index contributed by atoms with van der Waals surface area (Å²) in [6, 6.07) is 6.72. The highest BCUT2D eigenvalue weighted by Gasteiger charge is 2.22. The third-order valence-corrected chi connectivity index (χ3v) is 5.53. The van der Waals surface area contributed by atoms with Crippen molar-refractivity contribution in [3.8, 4) is 0 Å². The number of anilines is 1. The van der Waals surface area contributed by atoms with E-state index < -0.39 is 0 Å². The fraction of sp³-hybridized carbons (Fsp3) is 0.632. The van der Waals surface area contributed by atoms with Crippen LogP contribution in [0, 0.1) is 0 Å². The first-order chi connectivity index (χ1) is 11.8. The number of benzene rings is 1. The molecule has 130 valence electrons. The van der Waals surface area contributed by atoms with Crippen LogP contribution in [0.4, 0.5) is 5.69 Å². The Labute approximate surface area is 143 Å². The number of rotatable bonds is 5. The van der Waals surface area contributed by atoms with Gasteiger partial charge < -0.3 is 19.9 Å². The second kappa shape index (κ2) is 7.11. The van der Waals surface area contributed by atoms with Crippen LogP contribution in [0.15, 0.2) is 24.5 Å². The fourth-order valence-electron chi connectivity index (χ4n) is 4.20. The van der Waals surface area contributed by atoms with Crippen molar-refractivity contribution in [2.75, 3.05) is 24.5 Å². The van der Waals surface area contributed by atoms with Crippen LogP contribution < -0.4 is 10.2 Å². The molecule has 0 amide bonds. The minimum atomic E-state index is -0.182. The summed E-state index contributed by atoms with van der Waals surface area (Å²) in [6.07, 6.45) is 8.48. The highest BCUT2D eigenvalue weighted by atomic mass is 16.3. The number of fused-ring (bicyclic) bond motifs is 1. The molecule has 0 saturated carbocycles. The molecule has 2 fully saturated rings. The van der Waals surface area contributed by atoms with E-state index in [1.54, 1.807) is 0 Å².